The topological polar surface area (TPSA) is 47.7 Å². The van der Waals surface area contributed by atoms with Crippen molar-refractivity contribution in [2.75, 3.05) is 40.5 Å². The van der Waals surface area contributed by atoms with Crippen LogP contribution < -0.4 is 5.73 Å². The molecular formula is C15H24N2O2S. The molecule has 0 fully saturated rings. The molecule has 0 aliphatic carbocycles. The van der Waals surface area contributed by atoms with Gasteiger partial charge in [0.1, 0.15) is 0 Å². The Morgan fingerprint density at radius 1 is 1.20 bits per heavy atom. The molecule has 1 aromatic carbocycles. The lowest BCUT2D eigenvalue weighted by atomic mass is 10.00. The van der Waals surface area contributed by atoms with Gasteiger partial charge in [-0.15, -0.1) is 0 Å². The zero-order chi connectivity index (χ0) is 15.0. The third-order valence-corrected chi connectivity index (χ3v) is 3.51. The van der Waals surface area contributed by atoms with Gasteiger partial charge in [0, 0.05) is 27.3 Å². The number of hydrogen-bond acceptors (Lipinski definition) is 4. The molecule has 1 unspecified atom stereocenters. The summed E-state index contributed by atoms with van der Waals surface area (Å²) in [6.45, 7) is 4.86. The number of nitrogens with two attached hydrogens (primary N) is 1. The van der Waals surface area contributed by atoms with Gasteiger partial charge in [-0.2, -0.15) is 0 Å². The lowest BCUT2D eigenvalue weighted by Crippen LogP contribution is -2.41. The summed E-state index contributed by atoms with van der Waals surface area (Å²) in [5.74, 6) is 0. The Bertz CT molecular complexity index is 418. The summed E-state index contributed by atoms with van der Waals surface area (Å²) >= 11 is 5.29. The molecule has 1 aromatic rings. The molecule has 0 aliphatic rings. The predicted molar refractivity (Wildman–Crippen MR) is 86.0 cm³/mol. The van der Waals surface area contributed by atoms with E-state index in [1.165, 1.54) is 5.56 Å². The second kappa shape index (κ2) is 9.02. The number of methoxy groups -OCH3 is 2. The zero-order valence-electron chi connectivity index (χ0n) is 12.5. The van der Waals surface area contributed by atoms with E-state index in [1.54, 1.807) is 14.2 Å². The van der Waals surface area contributed by atoms with Gasteiger partial charge in [-0.3, -0.25) is 4.90 Å². The van der Waals surface area contributed by atoms with Gasteiger partial charge in [-0.1, -0.05) is 36.5 Å². The maximum Gasteiger partial charge on any atom is 0.0948 e. The Labute approximate surface area is 126 Å². The van der Waals surface area contributed by atoms with Crippen LogP contribution in [0.25, 0.3) is 0 Å². The van der Waals surface area contributed by atoms with E-state index >= 15 is 0 Å². The first-order valence-corrected chi connectivity index (χ1v) is 7.09. The lowest BCUT2D eigenvalue weighted by molar-refractivity contribution is 0.103. The van der Waals surface area contributed by atoms with Crippen molar-refractivity contribution < 1.29 is 9.47 Å². The van der Waals surface area contributed by atoms with Crippen molar-refractivity contribution >= 4 is 17.2 Å². The first-order chi connectivity index (χ1) is 9.61. The molecule has 4 nitrogen and oxygen atoms in total. The van der Waals surface area contributed by atoms with Gasteiger partial charge in [0.15, 0.2) is 0 Å². The molecular weight excluding hydrogens is 272 g/mol. The molecule has 0 saturated carbocycles. The van der Waals surface area contributed by atoms with E-state index in [2.05, 4.69) is 24.0 Å². The Hall–Kier alpha value is -1.01. The highest BCUT2D eigenvalue weighted by molar-refractivity contribution is 7.80. The minimum Gasteiger partial charge on any atom is -0.392 e. The van der Waals surface area contributed by atoms with Gasteiger partial charge in [-0.25, -0.2) is 0 Å². The minimum atomic E-state index is -0.0866. The summed E-state index contributed by atoms with van der Waals surface area (Å²) in [5, 5.41) is 0. The van der Waals surface area contributed by atoms with Gasteiger partial charge >= 0.3 is 0 Å². The maximum absolute atomic E-state index is 5.99. The maximum atomic E-state index is 5.99. The summed E-state index contributed by atoms with van der Waals surface area (Å²) in [7, 11) is 3.39. The van der Waals surface area contributed by atoms with Crippen LogP contribution in [-0.2, 0) is 9.47 Å². The van der Waals surface area contributed by atoms with Crippen molar-refractivity contribution in [1.29, 1.82) is 0 Å². The fourth-order valence-corrected chi connectivity index (χ4v) is 2.49. The van der Waals surface area contributed by atoms with Crippen LogP contribution in [0.5, 0.6) is 0 Å². The second-order valence-corrected chi connectivity index (χ2v) is 5.15. The molecule has 1 rings (SSSR count). The molecule has 0 amide bonds. The first kappa shape index (κ1) is 17.0. The highest BCUT2D eigenvalue weighted by Crippen LogP contribution is 2.24. The summed E-state index contributed by atoms with van der Waals surface area (Å²) in [6, 6.07) is 8.09. The fraction of sp³-hybridized carbons (Fsp3) is 0.533. The van der Waals surface area contributed by atoms with Gasteiger partial charge in [-0.05, 0) is 18.1 Å². The van der Waals surface area contributed by atoms with E-state index in [0.717, 1.165) is 18.7 Å². The Morgan fingerprint density at radius 3 is 2.20 bits per heavy atom. The van der Waals surface area contributed by atoms with Crippen molar-refractivity contribution in [3.05, 3.63) is 35.4 Å². The third kappa shape index (κ3) is 4.83. The van der Waals surface area contributed by atoms with Crippen LogP contribution in [0.15, 0.2) is 24.3 Å². The monoisotopic (exact) mass is 296 g/mol. The average Bonchev–Trinajstić information content (AvgIpc) is 2.43. The van der Waals surface area contributed by atoms with Crippen LogP contribution in [0.2, 0.25) is 0 Å². The number of ether oxygens (including phenoxy) is 2. The third-order valence-electron chi connectivity index (χ3n) is 3.28. The SMILES string of the molecule is COCCN(CCOC)C(C(N)=S)c1ccccc1C. The molecule has 0 heterocycles. The standard InChI is InChI=1S/C15H24N2O2S/c1-12-6-4-5-7-13(12)14(15(16)20)17(8-10-18-2)9-11-19-3/h4-7,14H,8-11H2,1-3H3,(H2,16,20). The lowest BCUT2D eigenvalue weighted by Gasteiger charge is -2.31. The van der Waals surface area contributed by atoms with Crippen molar-refractivity contribution in [3.63, 3.8) is 0 Å². The quantitative estimate of drug-likeness (QED) is 0.706. The van der Waals surface area contributed by atoms with Crippen LogP contribution in [-0.4, -0.2) is 50.4 Å². The number of rotatable bonds is 9. The fourth-order valence-electron chi connectivity index (χ4n) is 2.21. The Morgan fingerprint density at radius 2 is 1.75 bits per heavy atom. The van der Waals surface area contributed by atoms with Crippen molar-refractivity contribution in [3.8, 4) is 0 Å². The molecule has 112 valence electrons. The van der Waals surface area contributed by atoms with Crippen LogP contribution >= 0.6 is 12.2 Å². The molecule has 2 N–H and O–H groups in total. The molecule has 0 saturated heterocycles. The molecule has 1 atom stereocenters. The minimum absolute atomic E-state index is 0.0866. The van der Waals surface area contributed by atoms with Gasteiger partial charge in [0.2, 0.25) is 0 Å². The average molecular weight is 296 g/mol. The molecule has 20 heavy (non-hydrogen) atoms. The van der Waals surface area contributed by atoms with Crippen molar-refractivity contribution in [2.45, 2.75) is 13.0 Å². The highest BCUT2D eigenvalue weighted by Gasteiger charge is 2.23. The number of benzene rings is 1. The number of nitrogens with zero attached hydrogens (tertiary/aromatic N) is 1. The molecule has 0 aliphatic heterocycles. The van der Waals surface area contributed by atoms with E-state index in [9.17, 15) is 0 Å². The largest absolute Gasteiger partial charge is 0.392 e. The Kier molecular flexibility index (Phi) is 7.69. The molecule has 0 bridgehead atoms. The summed E-state index contributed by atoms with van der Waals surface area (Å²) in [5.41, 5.74) is 8.32. The Balaban J connectivity index is 3.00. The van der Waals surface area contributed by atoms with Crippen LogP contribution in [0.1, 0.15) is 17.2 Å². The van der Waals surface area contributed by atoms with Crippen LogP contribution in [0, 0.1) is 6.92 Å². The van der Waals surface area contributed by atoms with E-state index < -0.39 is 0 Å². The van der Waals surface area contributed by atoms with Crippen molar-refractivity contribution in [1.82, 2.24) is 4.90 Å². The van der Waals surface area contributed by atoms with Gasteiger partial charge in [0.25, 0.3) is 0 Å². The highest BCUT2D eigenvalue weighted by atomic mass is 32.1. The molecule has 0 radical (unpaired) electrons. The van der Waals surface area contributed by atoms with Crippen molar-refractivity contribution in [2.24, 2.45) is 5.73 Å². The van der Waals surface area contributed by atoms with Gasteiger partial charge < -0.3 is 15.2 Å². The summed E-state index contributed by atoms with van der Waals surface area (Å²) in [6.07, 6.45) is 0. The van der Waals surface area contributed by atoms with E-state index in [0.29, 0.717) is 18.2 Å². The van der Waals surface area contributed by atoms with Crippen LogP contribution in [0.4, 0.5) is 0 Å². The summed E-state index contributed by atoms with van der Waals surface area (Å²) in [4.78, 5) is 2.68. The summed E-state index contributed by atoms with van der Waals surface area (Å²) < 4.78 is 10.4. The first-order valence-electron chi connectivity index (χ1n) is 6.68. The molecule has 0 spiro atoms. The predicted octanol–water partition coefficient (Wildman–Crippen LogP) is 1.92. The zero-order valence-corrected chi connectivity index (χ0v) is 13.3. The van der Waals surface area contributed by atoms with E-state index in [4.69, 9.17) is 27.4 Å². The van der Waals surface area contributed by atoms with E-state index in [-0.39, 0.29) is 6.04 Å². The number of thiocarbonyl (C=S) groups is 1. The number of aryl methyl sites for hydroxylation is 1. The van der Waals surface area contributed by atoms with Crippen LogP contribution in [0.3, 0.4) is 0 Å². The van der Waals surface area contributed by atoms with E-state index in [1.807, 2.05) is 12.1 Å². The second-order valence-electron chi connectivity index (χ2n) is 4.68. The molecule has 5 heteroatoms. The molecule has 0 aromatic heterocycles. The normalized spacial score (nSPS) is 12.6. The smallest absolute Gasteiger partial charge is 0.0948 e. The van der Waals surface area contributed by atoms with Gasteiger partial charge in [0.05, 0.1) is 24.2 Å². The number of hydrogen-bond donors (Lipinski definition) is 1.